The predicted molar refractivity (Wildman–Crippen MR) is 93.1 cm³/mol. The third-order valence-electron chi connectivity index (χ3n) is 5.31. The number of benzene rings is 1. The third kappa shape index (κ3) is 2.70. The molecule has 0 amide bonds. The van der Waals surface area contributed by atoms with E-state index in [0.717, 1.165) is 31.9 Å². The van der Waals surface area contributed by atoms with E-state index < -0.39 is 0 Å². The van der Waals surface area contributed by atoms with Gasteiger partial charge in [0.25, 0.3) is 0 Å². The molecular weight excluding hydrogens is 282 g/mol. The Bertz CT molecular complexity index is 710. The number of piperidine rings is 1. The zero-order valence-electron chi connectivity index (χ0n) is 13.7. The van der Waals surface area contributed by atoms with E-state index in [4.69, 9.17) is 0 Å². The van der Waals surface area contributed by atoms with E-state index in [9.17, 15) is 0 Å². The van der Waals surface area contributed by atoms with Crippen molar-refractivity contribution in [2.45, 2.75) is 38.1 Å². The van der Waals surface area contributed by atoms with Gasteiger partial charge in [-0.3, -0.25) is 4.90 Å². The number of hydrogen-bond acceptors (Lipinski definition) is 3. The zero-order valence-corrected chi connectivity index (χ0v) is 13.7. The van der Waals surface area contributed by atoms with Crippen LogP contribution >= 0.6 is 0 Å². The standard InChI is InChI=1S/C20H23N3/c1-2-19-21-13-16(14-22-19)15-23-11-9-20(10-12-23)8-7-17-5-3-4-6-18(17)20/h3-8,13-14H,2,9-12,15H2,1H3. The van der Waals surface area contributed by atoms with Gasteiger partial charge in [0.2, 0.25) is 0 Å². The topological polar surface area (TPSA) is 29.0 Å². The fraction of sp³-hybridized carbons (Fsp3) is 0.400. The first-order valence-corrected chi connectivity index (χ1v) is 8.60. The normalized spacial score (nSPS) is 19.2. The molecule has 1 aromatic heterocycles. The minimum atomic E-state index is 0.273. The lowest BCUT2D eigenvalue weighted by Gasteiger charge is -2.39. The minimum absolute atomic E-state index is 0.273. The number of fused-ring (bicyclic) bond motifs is 2. The van der Waals surface area contributed by atoms with Crippen LogP contribution in [-0.4, -0.2) is 28.0 Å². The lowest BCUT2D eigenvalue weighted by atomic mass is 9.74. The zero-order chi connectivity index (χ0) is 15.7. The first-order valence-electron chi connectivity index (χ1n) is 8.60. The molecule has 1 saturated heterocycles. The molecule has 0 bridgehead atoms. The van der Waals surface area contributed by atoms with Gasteiger partial charge in [-0.15, -0.1) is 0 Å². The van der Waals surface area contributed by atoms with E-state index in [1.165, 1.54) is 29.5 Å². The van der Waals surface area contributed by atoms with Crippen LogP contribution in [0.3, 0.4) is 0 Å². The Kier molecular flexibility index (Phi) is 3.74. The molecule has 0 saturated carbocycles. The Morgan fingerprint density at radius 2 is 1.83 bits per heavy atom. The summed E-state index contributed by atoms with van der Waals surface area (Å²) in [5.74, 6) is 0.930. The Balaban J connectivity index is 1.42. The predicted octanol–water partition coefficient (Wildman–Crippen LogP) is 3.60. The van der Waals surface area contributed by atoms with Gasteiger partial charge in [0.1, 0.15) is 5.82 Å². The fourth-order valence-electron chi connectivity index (χ4n) is 3.88. The first-order chi connectivity index (χ1) is 11.3. The maximum absolute atomic E-state index is 4.41. The van der Waals surface area contributed by atoms with Crippen molar-refractivity contribution in [2.75, 3.05) is 13.1 Å². The largest absolute Gasteiger partial charge is 0.299 e. The van der Waals surface area contributed by atoms with Crippen molar-refractivity contribution < 1.29 is 0 Å². The Morgan fingerprint density at radius 1 is 1.09 bits per heavy atom. The van der Waals surface area contributed by atoms with Gasteiger partial charge in [-0.25, -0.2) is 9.97 Å². The quantitative estimate of drug-likeness (QED) is 0.867. The summed E-state index contributed by atoms with van der Waals surface area (Å²) in [4.78, 5) is 11.4. The summed E-state index contributed by atoms with van der Waals surface area (Å²) in [6.45, 7) is 5.32. The van der Waals surface area contributed by atoms with Crippen molar-refractivity contribution in [1.29, 1.82) is 0 Å². The highest BCUT2D eigenvalue weighted by Gasteiger charge is 2.37. The van der Waals surface area contributed by atoms with Crippen molar-refractivity contribution >= 4 is 6.08 Å². The second-order valence-electron chi connectivity index (χ2n) is 6.71. The molecule has 118 valence electrons. The molecule has 0 atom stereocenters. The van der Waals surface area contributed by atoms with Crippen LogP contribution in [0.15, 0.2) is 42.7 Å². The van der Waals surface area contributed by atoms with Gasteiger partial charge < -0.3 is 0 Å². The molecule has 2 heterocycles. The van der Waals surface area contributed by atoms with Crippen LogP contribution in [0, 0.1) is 0 Å². The summed E-state index contributed by atoms with van der Waals surface area (Å²) in [5, 5.41) is 0. The van der Waals surface area contributed by atoms with Crippen LogP contribution in [0.5, 0.6) is 0 Å². The molecule has 4 rings (SSSR count). The Morgan fingerprint density at radius 3 is 2.57 bits per heavy atom. The lowest BCUT2D eigenvalue weighted by Crippen LogP contribution is -2.40. The molecule has 2 aliphatic rings. The molecule has 3 nitrogen and oxygen atoms in total. The van der Waals surface area contributed by atoms with E-state index >= 15 is 0 Å². The van der Waals surface area contributed by atoms with Crippen LogP contribution in [-0.2, 0) is 18.4 Å². The summed E-state index contributed by atoms with van der Waals surface area (Å²) in [7, 11) is 0. The van der Waals surface area contributed by atoms with Gasteiger partial charge in [0.15, 0.2) is 0 Å². The number of aryl methyl sites for hydroxylation is 1. The first kappa shape index (κ1) is 14.6. The van der Waals surface area contributed by atoms with Gasteiger partial charge in [0.05, 0.1) is 0 Å². The van der Waals surface area contributed by atoms with E-state index in [1.54, 1.807) is 0 Å². The van der Waals surface area contributed by atoms with Crippen LogP contribution in [0.25, 0.3) is 6.08 Å². The van der Waals surface area contributed by atoms with Gasteiger partial charge in [-0.05, 0) is 37.1 Å². The number of aromatic nitrogens is 2. The van der Waals surface area contributed by atoms with Crippen molar-refractivity contribution in [1.82, 2.24) is 14.9 Å². The van der Waals surface area contributed by atoms with Crippen molar-refractivity contribution in [3.05, 3.63) is 65.2 Å². The summed E-state index contributed by atoms with van der Waals surface area (Å²) in [5.41, 5.74) is 4.43. The van der Waals surface area contributed by atoms with Gasteiger partial charge in [0, 0.05) is 36.3 Å². The highest BCUT2D eigenvalue weighted by molar-refractivity contribution is 5.65. The van der Waals surface area contributed by atoms with Crippen molar-refractivity contribution in [3.8, 4) is 0 Å². The third-order valence-corrected chi connectivity index (χ3v) is 5.31. The van der Waals surface area contributed by atoms with Crippen LogP contribution in [0.1, 0.15) is 42.3 Å². The van der Waals surface area contributed by atoms with Crippen LogP contribution < -0.4 is 0 Å². The maximum Gasteiger partial charge on any atom is 0.127 e. The molecule has 0 N–H and O–H groups in total. The Hall–Kier alpha value is -2.00. The Labute approximate surface area is 138 Å². The van der Waals surface area contributed by atoms with E-state index in [-0.39, 0.29) is 5.41 Å². The van der Waals surface area contributed by atoms with Gasteiger partial charge in [-0.1, -0.05) is 43.3 Å². The smallest absolute Gasteiger partial charge is 0.127 e. The molecule has 1 aromatic carbocycles. The molecule has 1 fully saturated rings. The average Bonchev–Trinajstić information content (AvgIpc) is 2.97. The molecule has 1 aliphatic heterocycles. The lowest BCUT2D eigenvalue weighted by molar-refractivity contribution is 0.177. The van der Waals surface area contributed by atoms with Crippen LogP contribution in [0.2, 0.25) is 0 Å². The SMILES string of the molecule is CCc1ncc(CN2CCC3(C=Cc4ccccc43)CC2)cn1. The molecule has 23 heavy (non-hydrogen) atoms. The number of hydrogen-bond donors (Lipinski definition) is 0. The molecular formula is C20H23N3. The van der Waals surface area contributed by atoms with Gasteiger partial charge in [-0.2, -0.15) is 0 Å². The maximum atomic E-state index is 4.41. The highest BCUT2D eigenvalue weighted by Crippen LogP contribution is 2.43. The average molecular weight is 305 g/mol. The van der Waals surface area contributed by atoms with E-state index in [2.05, 4.69) is 58.2 Å². The summed E-state index contributed by atoms with van der Waals surface area (Å²) in [6.07, 6.45) is 12.0. The van der Waals surface area contributed by atoms with E-state index in [1.807, 2.05) is 12.4 Å². The van der Waals surface area contributed by atoms with Crippen LogP contribution in [0.4, 0.5) is 0 Å². The molecule has 2 aromatic rings. The van der Waals surface area contributed by atoms with E-state index in [0.29, 0.717) is 0 Å². The van der Waals surface area contributed by atoms with Crippen molar-refractivity contribution in [3.63, 3.8) is 0 Å². The molecule has 3 heteroatoms. The number of rotatable bonds is 3. The summed E-state index contributed by atoms with van der Waals surface area (Å²) in [6, 6.07) is 8.85. The number of nitrogens with zero attached hydrogens (tertiary/aromatic N) is 3. The minimum Gasteiger partial charge on any atom is -0.299 e. The second kappa shape index (κ2) is 5.89. The second-order valence-corrected chi connectivity index (χ2v) is 6.71. The monoisotopic (exact) mass is 305 g/mol. The highest BCUT2D eigenvalue weighted by atomic mass is 15.1. The number of likely N-dealkylation sites (tertiary alicyclic amines) is 1. The fourth-order valence-corrected chi connectivity index (χ4v) is 3.88. The molecule has 1 spiro atoms. The number of allylic oxidation sites excluding steroid dienone is 1. The van der Waals surface area contributed by atoms with Gasteiger partial charge >= 0.3 is 0 Å². The summed E-state index contributed by atoms with van der Waals surface area (Å²) < 4.78 is 0. The molecule has 0 unspecified atom stereocenters. The summed E-state index contributed by atoms with van der Waals surface area (Å²) >= 11 is 0. The molecule has 1 aliphatic carbocycles. The molecule has 0 radical (unpaired) electrons. The van der Waals surface area contributed by atoms with Crippen molar-refractivity contribution in [2.24, 2.45) is 0 Å².